The standard InChI is InChI=1S/C22H27N/c1-5-8-21-9-6-7-10-22(21)23-18(4)20-15-13-19(14-16-20)12-11-17(2)3/h6-7,9-17,23H,4-5,8H2,1-3H3/b12-11+. The third-order valence-electron chi connectivity index (χ3n) is 3.75. The molecule has 0 aliphatic rings. The molecular formula is C22H27N. The molecule has 0 spiro atoms. The molecule has 0 heterocycles. The van der Waals surface area contributed by atoms with Crippen LogP contribution in [-0.4, -0.2) is 0 Å². The van der Waals surface area contributed by atoms with Crippen LogP contribution in [0.3, 0.4) is 0 Å². The second-order valence-corrected chi connectivity index (χ2v) is 6.24. The maximum absolute atomic E-state index is 4.20. The lowest BCUT2D eigenvalue weighted by molar-refractivity contribution is 0.836. The zero-order valence-electron chi connectivity index (χ0n) is 14.5. The van der Waals surface area contributed by atoms with E-state index in [1.54, 1.807) is 0 Å². The minimum Gasteiger partial charge on any atom is -0.355 e. The van der Waals surface area contributed by atoms with Crippen LogP contribution in [0, 0.1) is 5.92 Å². The summed E-state index contributed by atoms with van der Waals surface area (Å²) in [6.45, 7) is 10.8. The molecule has 0 saturated carbocycles. The van der Waals surface area contributed by atoms with Gasteiger partial charge in [-0.05, 0) is 35.1 Å². The van der Waals surface area contributed by atoms with Gasteiger partial charge in [-0.1, -0.05) is 88.4 Å². The van der Waals surface area contributed by atoms with Crippen molar-refractivity contribution in [2.45, 2.75) is 33.6 Å². The maximum atomic E-state index is 4.20. The molecule has 0 amide bonds. The first-order chi connectivity index (χ1) is 11.1. The Morgan fingerprint density at radius 1 is 1.09 bits per heavy atom. The van der Waals surface area contributed by atoms with E-state index in [1.807, 2.05) is 0 Å². The number of para-hydroxylation sites is 1. The lowest BCUT2D eigenvalue weighted by Crippen LogP contribution is -2.00. The van der Waals surface area contributed by atoms with Gasteiger partial charge >= 0.3 is 0 Å². The molecule has 2 aromatic rings. The van der Waals surface area contributed by atoms with Crippen molar-refractivity contribution in [3.63, 3.8) is 0 Å². The summed E-state index contributed by atoms with van der Waals surface area (Å²) in [5.74, 6) is 0.571. The first-order valence-corrected chi connectivity index (χ1v) is 8.42. The molecule has 0 aliphatic heterocycles. The number of benzene rings is 2. The molecule has 0 radical (unpaired) electrons. The molecular weight excluding hydrogens is 278 g/mol. The zero-order valence-corrected chi connectivity index (χ0v) is 14.5. The summed E-state index contributed by atoms with van der Waals surface area (Å²) in [5.41, 5.74) is 5.78. The van der Waals surface area contributed by atoms with Crippen molar-refractivity contribution in [1.29, 1.82) is 0 Å². The quantitative estimate of drug-likeness (QED) is 0.625. The highest BCUT2D eigenvalue weighted by molar-refractivity contribution is 5.77. The molecule has 0 bridgehead atoms. The first kappa shape index (κ1) is 17.1. The number of rotatable bonds is 7. The van der Waals surface area contributed by atoms with Crippen LogP contribution < -0.4 is 5.32 Å². The molecule has 1 N–H and O–H groups in total. The average molecular weight is 305 g/mol. The molecule has 0 aromatic heterocycles. The molecule has 2 rings (SSSR count). The normalized spacial score (nSPS) is 11.1. The fourth-order valence-corrected chi connectivity index (χ4v) is 2.46. The van der Waals surface area contributed by atoms with Gasteiger partial charge in [0, 0.05) is 11.4 Å². The molecule has 120 valence electrons. The summed E-state index contributed by atoms with van der Waals surface area (Å²) in [6, 6.07) is 17.0. The van der Waals surface area contributed by atoms with E-state index in [4.69, 9.17) is 0 Å². The highest BCUT2D eigenvalue weighted by atomic mass is 14.9. The van der Waals surface area contributed by atoms with Crippen molar-refractivity contribution >= 4 is 17.5 Å². The van der Waals surface area contributed by atoms with Crippen LogP contribution in [0.2, 0.25) is 0 Å². The third-order valence-corrected chi connectivity index (χ3v) is 3.75. The van der Waals surface area contributed by atoms with Crippen LogP contribution in [0.5, 0.6) is 0 Å². The predicted octanol–water partition coefficient (Wildman–Crippen LogP) is 6.39. The number of hydrogen-bond donors (Lipinski definition) is 1. The minimum absolute atomic E-state index is 0.571. The van der Waals surface area contributed by atoms with Gasteiger partial charge in [0.1, 0.15) is 0 Å². The fraction of sp³-hybridized carbons (Fsp3) is 0.273. The van der Waals surface area contributed by atoms with Crippen LogP contribution in [0.25, 0.3) is 11.8 Å². The van der Waals surface area contributed by atoms with Gasteiger partial charge in [0.2, 0.25) is 0 Å². The lowest BCUT2D eigenvalue weighted by atomic mass is 10.1. The van der Waals surface area contributed by atoms with E-state index in [9.17, 15) is 0 Å². The molecule has 1 heteroatoms. The van der Waals surface area contributed by atoms with E-state index in [-0.39, 0.29) is 0 Å². The van der Waals surface area contributed by atoms with Crippen molar-refractivity contribution < 1.29 is 0 Å². The SMILES string of the molecule is C=C(Nc1ccccc1CCC)c1ccc(/C=C/C(C)C)cc1. The number of nitrogens with one attached hydrogen (secondary N) is 1. The molecule has 0 atom stereocenters. The van der Waals surface area contributed by atoms with Crippen LogP contribution in [-0.2, 0) is 6.42 Å². The molecule has 0 unspecified atom stereocenters. The monoisotopic (exact) mass is 305 g/mol. The summed E-state index contributed by atoms with van der Waals surface area (Å²) in [6.07, 6.45) is 6.60. The van der Waals surface area contributed by atoms with Crippen LogP contribution in [0.1, 0.15) is 43.9 Å². The minimum atomic E-state index is 0.571. The Hall–Kier alpha value is -2.28. The summed E-state index contributed by atoms with van der Waals surface area (Å²) < 4.78 is 0. The predicted molar refractivity (Wildman–Crippen MR) is 103 cm³/mol. The van der Waals surface area contributed by atoms with Crippen molar-refractivity contribution in [2.24, 2.45) is 5.92 Å². The van der Waals surface area contributed by atoms with Crippen LogP contribution >= 0.6 is 0 Å². The Morgan fingerprint density at radius 2 is 1.78 bits per heavy atom. The Bertz CT molecular complexity index is 663. The Balaban J connectivity index is 2.09. The second kappa shape index (κ2) is 8.38. The summed E-state index contributed by atoms with van der Waals surface area (Å²) in [7, 11) is 0. The van der Waals surface area contributed by atoms with Crippen molar-refractivity contribution in [1.82, 2.24) is 0 Å². The molecule has 23 heavy (non-hydrogen) atoms. The fourth-order valence-electron chi connectivity index (χ4n) is 2.46. The van der Waals surface area contributed by atoms with Gasteiger partial charge in [0.25, 0.3) is 0 Å². The molecule has 0 saturated heterocycles. The molecule has 1 nitrogen and oxygen atoms in total. The largest absolute Gasteiger partial charge is 0.355 e. The van der Waals surface area contributed by atoms with Gasteiger partial charge in [-0.3, -0.25) is 0 Å². The van der Waals surface area contributed by atoms with Gasteiger partial charge < -0.3 is 5.32 Å². The Kier molecular flexibility index (Phi) is 6.22. The van der Waals surface area contributed by atoms with Crippen molar-refractivity contribution in [3.05, 3.63) is 77.9 Å². The van der Waals surface area contributed by atoms with Gasteiger partial charge in [-0.2, -0.15) is 0 Å². The lowest BCUT2D eigenvalue weighted by Gasteiger charge is -2.14. The highest BCUT2D eigenvalue weighted by Crippen LogP contribution is 2.22. The van der Waals surface area contributed by atoms with Crippen molar-refractivity contribution in [2.75, 3.05) is 5.32 Å². The average Bonchev–Trinajstić information content (AvgIpc) is 2.55. The van der Waals surface area contributed by atoms with E-state index in [0.29, 0.717) is 5.92 Å². The number of anilines is 1. The second-order valence-electron chi connectivity index (χ2n) is 6.24. The van der Waals surface area contributed by atoms with E-state index in [0.717, 1.165) is 29.8 Å². The smallest absolute Gasteiger partial charge is 0.0416 e. The zero-order chi connectivity index (χ0) is 16.7. The van der Waals surface area contributed by atoms with Crippen molar-refractivity contribution in [3.8, 4) is 0 Å². The number of hydrogen-bond acceptors (Lipinski definition) is 1. The highest BCUT2D eigenvalue weighted by Gasteiger charge is 2.04. The van der Waals surface area contributed by atoms with Crippen LogP contribution in [0.4, 0.5) is 5.69 Å². The third kappa shape index (κ3) is 5.14. The van der Waals surface area contributed by atoms with E-state index in [2.05, 4.69) is 93.3 Å². The summed E-state index contributed by atoms with van der Waals surface area (Å²) >= 11 is 0. The van der Waals surface area contributed by atoms with Gasteiger partial charge in [-0.15, -0.1) is 0 Å². The maximum Gasteiger partial charge on any atom is 0.0416 e. The van der Waals surface area contributed by atoms with E-state index in [1.165, 1.54) is 11.1 Å². The molecule has 2 aromatic carbocycles. The topological polar surface area (TPSA) is 12.0 Å². The summed E-state index contributed by atoms with van der Waals surface area (Å²) in [5, 5.41) is 3.47. The number of aryl methyl sites for hydroxylation is 1. The Labute approximate surface area is 140 Å². The van der Waals surface area contributed by atoms with Gasteiger partial charge in [0.15, 0.2) is 0 Å². The van der Waals surface area contributed by atoms with E-state index >= 15 is 0 Å². The summed E-state index contributed by atoms with van der Waals surface area (Å²) in [4.78, 5) is 0. The van der Waals surface area contributed by atoms with E-state index < -0.39 is 0 Å². The van der Waals surface area contributed by atoms with Gasteiger partial charge in [0.05, 0.1) is 0 Å². The first-order valence-electron chi connectivity index (χ1n) is 8.42. The van der Waals surface area contributed by atoms with Gasteiger partial charge in [-0.25, -0.2) is 0 Å². The Morgan fingerprint density at radius 3 is 2.43 bits per heavy atom. The molecule has 0 aliphatic carbocycles. The van der Waals surface area contributed by atoms with Crippen LogP contribution in [0.15, 0.2) is 61.2 Å². The number of allylic oxidation sites excluding steroid dienone is 1. The molecule has 0 fully saturated rings.